The molecule has 0 saturated heterocycles. The molecule has 0 radical (unpaired) electrons. The van der Waals surface area contributed by atoms with E-state index in [1.165, 1.54) is 11.8 Å². The van der Waals surface area contributed by atoms with Crippen LogP contribution in [0.25, 0.3) is 10.9 Å². The summed E-state index contributed by atoms with van der Waals surface area (Å²) in [5, 5.41) is 10.7. The number of fused-ring (bicyclic) bond motifs is 1. The fourth-order valence-corrected chi connectivity index (χ4v) is 3.11. The van der Waals surface area contributed by atoms with Crippen molar-refractivity contribution >= 4 is 28.6 Å². The summed E-state index contributed by atoms with van der Waals surface area (Å²) in [4.78, 5) is 17.0. The van der Waals surface area contributed by atoms with Gasteiger partial charge in [-0.2, -0.15) is 0 Å². The number of pyridine rings is 1. The highest BCUT2D eigenvalue weighted by atomic mass is 32.2. The van der Waals surface area contributed by atoms with E-state index < -0.39 is 5.97 Å². The zero-order chi connectivity index (χ0) is 16.2. The molecule has 0 aliphatic carbocycles. The standard InChI is InChI=1S/C18H15NO3S/c1-2-22-12-7-9-13(10-8-12)23-17-11-15(18(20)21)14-5-3-4-6-16(14)19-17/h3-11H,2H2,1H3,(H,20,21). The maximum absolute atomic E-state index is 11.5. The van der Waals surface area contributed by atoms with E-state index in [-0.39, 0.29) is 5.56 Å². The van der Waals surface area contributed by atoms with E-state index in [0.29, 0.717) is 22.5 Å². The number of aromatic carboxylic acids is 1. The summed E-state index contributed by atoms with van der Waals surface area (Å²) < 4.78 is 5.42. The van der Waals surface area contributed by atoms with Crippen LogP contribution in [0.1, 0.15) is 17.3 Å². The minimum Gasteiger partial charge on any atom is -0.494 e. The average molecular weight is 325 g/mol. The number of para-hydroxylation sites is 1. The maximum Gasteiger partial charge on any atom is 0.336 e. The highest BCUT2D eigenvalue weighted by Gasteiger charge is 2.12. The van der Waals surface area contributed by atoms with Gasteiger partial charge >= 0.3 is 5.97 Å². The van der Waals surface area contributed by atoms with Crippen molar-refractivity contribution in [3.63, 3.8) is 0 Å². The van der Waals surface area contributed by atoms with Gasteiger partial charge in [0.15, 0.2) is 0 Å². The van der Waals surface area contributed by atoms with Crippen LogP contribution in [0.15, 0.2) is 64.5 Å². The van der Waals surface area contributed by atoms with Crippen LogP contribution >= 0.6 is 11.8 Å². The van der Waals surface area contributed by atoms with Gasteiger partial charge in [0.05, 0.1) is 17.7 Å². The molecule has 1 aromatic heterocycles. The molecule has 2 aromatic carbocycles. The van der Waals surface area contributed by atoms with Gasteiger partial charge in [0.2, 0.25) is 0 Å². The zero-order valence-electron chi connectivity index (χ0n) is 12.5. The van der Waals surface area contributed by atoms with Crippen LogP contribution in [0.2, 0.25) is 0 Å². The van der Waals surface area contributed by atoms with Crippen molar-refractivity contribution in [3.05, 3.63) is 60.2 Å². The second-order valence-electron chi connectivity index (χ2n) is 4.84. The maximum atomic E-state index is 11.5. The van der Waals surface area contributed by atoms with E-state index in [2.05, 4.69) is 4.98 Å². The van der Waals surface area contributed by atoms with Crippen molar-refractivity contribution in [1.82, 2.24) is 4.98 Å². The lowest BCUT2D eigenvalue weighted by atomic mass is 10.1. The monoisotopic (exact) mass is 325 g/mol. The van der Waals surface area contributed by atoms with E-state index >= 15 is 0 Å². The van der Waals surface area contributed by atoms with Crippen molar-refractivity contribution in [3.8, 4) is 5.75 Å². The highest BCUT2D eigenvalue weighted by molar-refractivity contribution is 7.99. The number of rotatable bonds is 5. The second-order valence-corrected chi connectivity index (χ2v) is 5.93. The van der Waals surface area contributed by atoms with Crippen LogP contribution in [0.4, 0.5) is 0 Å². The summed E-state index contributed by atoms with van der Waals surface area (Å²) in [6.07, 6.45) is 0. The predicted molar refractivity (Wildman–Crippen MR) is 90.4 cm³/mol. The molecule has 0 atom stereocenters. The lowest BCUT2D eigenvalue weighted by molar-refractivity contribution is 0.0698. The van der Waals surface area contributed by atoms with Crippen LogP contribution in [0.3, 0.4) is 0 Å². The fourth-order valence-electron chi connectivity index (χ4n) is 2.27. The first-order chi connectivity index (χ1) is 11.2. The van der Waals surface area contributed by atoms with Gasteiger partial charge in [0.1, 0.15) is 10.8 Å². The third kappa shape index (κ3) is 3.46. The number of carboxylic acid groups (broad SMARTS) is 1. The van der Waals surface area contributed by atoms with E-state index in [1.54, 1.807) is 12.1 Å². The van der Waals surface area contributed by atoms with E-state index in [9.17, 15) is 9.90 Å². The predicted octanol–water partition coefficient (Wildman–Crippen LogP) is 4.48. The molecular formula is C18H15NO3S. The summed E-state index contributed by atoms with van der Waals surface area (Å²) in [5.41, 5.74) is 0.949. The van der Waals surface area contributed by atoms with Gasteiger partial charge in [-0.25, -0.2) is 9.78 Å². The Bertz CT molecular complexity index is 847. The molecule has 0 fully saturated rings. The summed E-state index contributed by atoms with van der Waals surface area (Å²) in [7, 11) is 0. The number of hydrogen-bond acceptors (Lipinski definition) is 4. The summed E-state index contributed by atoms with van der Waals surface area (Å²) in [6.45, 7) is 2.57. The minimum atomic E-state index is -0.947. The molecule has 0 aliphatic heterocycles. The Labute approximate surface area is 138 Å². The Balaban J connectivity index is 1.95. The molecule has 3 aromatic rings. The van der Waals surface area contributed by atoms with Crippen LogP contribution in [0, 0.1) is 0 Å². The van der Waals surface area contributed by atoms with Crippen molar-refractivity contribution in [2.24, 2.45) is 0 Å². The molecule has 0 bridgehead atoms. The second kappa shape index (κ2) is 6.71. The highest BCUT2D eigenvalue weighted by Crippen LogP contribution is 2.30. The zero-order valence-corrected chi connectivity index (χ0v) is 13.3. The largest absolute Gasteiger partial charge is 0.494 e. The Morgan fingerprint density at radius 3 is 2.61 bits per heavy atom. The smallest absolute Gasteiger partial charge is 0.336 e. The Morgan fingerprint density at radius 1 is 1.17 bits per heavy atom. The van der Waals surface area contributed by atoms with Gasteiger partial charge in [-0.1, -0.05) is 30.0 Å². The van der Waals surface area contributed by atoms with Crippen molar-refractivity contribution in [2.75, 3.05) is 6.61 Å². The Hall–Kier alpha value is -2.53. The molecule has 0 spiro atoms. The Kier molecular flexibility index (Phi) is 4.48. The van der Waals surface area contributed by atoms with Crippen LogP contribution in [0.5, 0.6) is 5.75 Å². The number of carboxylic acids is 1. The quantitative estimate of drug-likeness (QED) is 0.749. The van der Waals surface area contributed by atoms with Gasteiger partial charge in [-0.3, -0.25) is 0 Å². The molecule has 0 unspecified atom stereocenters. The summed E-state index contributed by atoms with van der Waals surface area (Å²) in [5.74, 6) is -0.133. The lowest BCUT2D eigenvalue weighted by Gasteiger charge is -2.07. The molecule has 0 aliphatic rings. The van der Waals surface area contributed by atoms with Gasteiger partial charge < -0.3 is 9.84 Å². The van der Waals surface area contributed by atoms with Crippen LogP contribution in [-0.2, 0) is 0 Å². The molecule has 0 saturated carbocycles. The topological polar surface area (TPSA) is 59.4 Å². The van der Waals surface area contributed by atoms with E-state index in [1.807, 2.05) is 49.4 Å². The molecule has 4 nitrogen and oxygen atoms in total. The van der Waals surface area contributed by atoms with Gasteiger partial charge in [0.25, 0.3) is 0 Å². The van der Waals surface area contributed by atoms with E-state index in [4.69, 9.17) is 4.74 Å². The normalized spacial score (nSPS) is 10.7. The van der Waals surface area contributed by atoms with E-state index in [0.717, 1.165) is 10.6 Å². The first-order valence-electron chi connectivity index (χ1n) is 7.21. The molecule has 116 valence electrons. The van der Waals surface area contributed by atoms with Gasteiger partial charge in [0, 0.05) is 10.3 Å². The SMILES string of the molecule is CCOc1ccc(Sc2cc(C(=O)O)c3ccccc3n2)cc1. The summed E-state index contributed by atoms with van der Waals surface area (Å²) in [6, 6.07) is 16.5. The Morgan fingerprint density at radius 2 is 1.91 bits per heavy atom. The first-order valence-corrected chi connectivity index (χ1v) is 8.03. The molecule has 5 heteroatoms. The fraction of sp³-hybridized carbons (Fsp3) is 0.111. The van der Waals surface area contributed by atoms with Gasteiger partial charge in [-0.15, -0.1) is 0 Å². The number of benzene rings is 2. The third-order valence-electron chi connectivity index (χ3n) is 3.28. The number of aromatic nitrogens is 1. The van der Waals surface area contributed by atoms with Gasteiger partial charge in [-0.05, 0) is 43.3 Å². The summed E-state index contributed by atoms with van der Waals surface area (Å²) >= 11 is 1.43. The molecular weight excluding hydrogens is 310 g/mol. The first kappa shape index (κ1) is 15.4. The number of ether oxygens (including phenoxy) is 1. The average Bonchev–Trinajstić information content (AvgIpc) is 2.56. The van der Waals surface area contributed by atoms with Crippen molar-refractivity contribution in [1.29, 1.82) is 0 Å². The third-order valence-corrected chi connectivity index (χ3v) is 4.21. The van der Waals surface area contributed by atoms with Crippen LogP contribution in [-0.4, -0.2) is 22.7 Å². The lowest BCUT2D eigenvalue weighted by Crippen LogP contribution is -1.99. The molecule has 1 heterocycles. The van der Waals surface area contributed by atoms with Crippen molar-refractivity contribution < 1.29 is 14.6 Å². The molecule has 3 rings (SSSR count). The molecule has 0 amide bonds. The minimum absolute atomic E-state index is 0.268. The molecule has 1 N–H and O–H groups in total. The molecule has 23 heavy (non-hydrogen) atoms. The van der Waals surface area contributed by atoms with Crippen LogP contribution < -0.4 is 4.74 Å². The number of hydrogen-bond donors (Lipinski definition) is 1. The van der Waals surface area contributed by atoms with Crippen molar-refractivity contribution in [2.45, 2.75) is 16.8 Å². The number of carbonyl (C=O) groups is 1. The number of nitrogens with zero attached hydrogens (tertiary/aromatic N) is 1.